The second-order valence-electron chi connectivity index (χ2n) is 6.75. The molecule has 0 bridgehead atoms. The number of nitrogens with one attached hydrogen (secondary N) is 1. The molecule has 2 aromatic carbocycles. The van der Waals surface area contributed by atoms with Crippen molar-refractivity contribution in [3.05, 3.63) is 70.3 Å². The van der Waals surface area contributed by atoms with E-state index >= 15 is 0 Å². The summed E-state index contributed by atoms with van der Waals surface area (Å²) in [6.45, 7) is -0.0191. The summed E-state index contributed by atoms with van der Waals surface area (Å²) < 4.78 is 10.4. The number of likely N-dealkylation sites (N-methyl/N-ethyl adjacent to an activating group) is 1. The van der Waals surface area contributed by atoms with Crippen molar-refractivity contribution in [1.82, 2.24) is 14.9 Å². The van der Waals surface area contributed by atoms with Gasteiger partial charge in [-0.3, -0.25) is 14.4 Å². The van der Waals surface area contributed by atoms with Crippen molar-refractivity contribution in [3.8, 4) is 5.75 Å². The van der Waals surface area contributed by atoms with E-state index in [0.717, 1.165) is 5.56 Å². The molecule has 0 fully saturated rings. The number of H-pyrrole nitrogens is 1. The number of esters is 1. The molecule has 1 aromatic heterocycles. The summed E-state index contributed by atoms with van der Waals surface area (Å²) in [4.78, 5) is 44.8. The van der Waals surface area contributed by atoms with E-state index in [1.54, 1.807) is 38.4 Å². The van der Waals surface area contributed by atoms with Crippen LogP contribution in [0.4, 0.5) is 0 Å². The van der Waals surface area contributed by atoms with Gasteiger partial charge >= 0.3 is 5.97 Å². The number of fused-ring (bicyclic) bond motifs is 1. The highest BCUT2D eigenvalue weighted by atomic mass is 16.5. The van der Waals surface area contributed by atoms with E-state index in [-0.39, 0.29) is 30.9 Å². The normalized spacial score (nSPS) is 10.6. The van der Waals surface area contributed by atoms with Crippen molar-refractivity contribution in [2.45, 2.75) is 19.4 Å². The van der Waals surface area contributed by atoms with E-state index in [0.29, 0.717) is 29.0 Å². The van der Waals surface area contributed by atoms with Crippen LogP contribution in [0.5, 0.6) is 5.75 Å². The maximum atomic E-state index is 12.3. The number of hydrogen-bond acceptors (Lipinski definition) is 6. The van der Waals surface area contributed by atoms with Crippen LogP contribution < -0.4 is 10.3 Å². The number of methoxy groups -OCH3 is 1. The van der Waals surface area contributed by atoms with Gasteiger partial charge in [0.2, 0.25) is 0 Å². The molecule has 8 heteroatoms. The average molecular weight is 409 g/mol. The van der Waals surface area contributed by atoms with Crippen LogP contribution in [0.3, 0.4) is 0 Å². The van der Waals surface area contributed by atoms with Crippen molar-refractivity contribution in [1.29, 1.82) is 0 Å². The number of rotatable bonds is 8. The van der Waals surface area contributed by atoms with E-state index in [9.17, 15) is 14.4 Å². The van der Waals surface area contributed by atoms with Crippen LogP contribution in [0.1, 0.15) is 17.8 Å². The minimum Gasteiger partial charge on any atom is -0.496 e. The summed E-state index contributed by atoms with van der Waals surface area (Å²) in [5.41, 5.74) is 1.17. The molecule has 3 aromatic rings. The zero-order valence-corrected chi connectivity index (χ0v) is 16.9. The van der Waals surface area contributed by atoms with E-state index in [1.807, 2.05) is 24.3 Å². The molecule has 0 spiro atoms. The van der Waals surface area contributed by atoms with Crippen molar-refractivity contribution in [2.75, 3.05) is 20.8 Å². The number of hydrogen-bond donors (Lipinski definition) is 1. The van der Waals surface area contributed by atoms with Crippen LogP contribution in [0.15, 0.2) is 53.3 Å². The fraction of sp³-hybridized carbons (Fsp3) is 0.273. The third kappa shape index (κ3) is 5.22. The molecule has 8 nitrogen and oxygen atoms in total. The Hall–Kier alpha value is -3.68. The predicted molar refractivity (Wildman–Crippen MR) is 111 cm³/mol. The highest BCUT2D eigenvalue weighted by Crippen LogP contribution is 2.18. The lowest BCUT2D eigenvalue weighted by Crippen LogP contribution is -2.31. The standard InChI is InChI=1S/C22H23N3O5/c1-25(13-15-7-3-6-10-18(15)29-2)20(26)14-30-21(27)12-11-19-23-17-9-5-4-8-16(17)22(28)24-19/h3-10H,11-14H2,1-2H3,(H,23,24,28). The van der Waals surface area contributed by atoms with Gasteiger partial charge in [-0.25, -0.2) is 4.98 Å². The van der Waals surface area contributed by atoms with Gasteiger partial charge in [0, 0.05) is 25.6 Å². The van der Waals surface area contributed by atoms with Crippen molar-refractivity contribution in [2.24, 2.45) is 0 Å². The van der Waals surface area contributed by atoms with E-state index in [4.69, 9.17) is 9.47 Å². The Morgan fingerprint density at radius 3 is 2.63 bits per heavy atom. The third-order valence-electron chi connectivity index (χ3n) is 4.61. The number of para-hydroxylation sites is 2. The van der Waals surface area contributed by atoms with Crippen molar-refractivity contribution >= 4 is 22.8 Å². The Morgan fingerprint density at radius 1 is 1.10 bits per heavy atom. The number of nitrogens with zero attached hydrogens (tertiary/aromatic N) is 2. The highest BCUT2D eigenvalue weighted by Gasteiger charge is 2.15. The summed E-state index contributed by atoms with van der Waals surface area (Å²) in [6.07, 6.45) is 0.217. The van der Waals surface area contributed by atoms with E-state index in [1.165, 1.54) is 4.90 Å². The third-order valence-corrected chi connectivity index (χ3v) is 4.61. The predicted octanol–water partition coefficient (Wildman–Crippen LogP) is 2.07. The molecule has 0 aliphatic heterocycles. The molecule has 30 heavy (non-hydrogen) atoms. The molecule has 0 saturated heterocycles. The van der Waals surface area contributed by atoms with Crippen LogP contribution in [0, 0.1) is 0 Å². The van der Waals surface area contributed by atoms with Gasteiger partial charge in [0.05, 0.1) is 24.4 Å². The largest absolute Gasteiger partial charge is 0.496 e. The lowest BCUT2D eigenvalue weighted by molar-refractivity contribution is -0.151. The lowest BCUT2D eigenvalue weighted by Gasteiger charge is -2.18. The number of aromatic amines is 1. The first-order valence-corrected chi connectivity index (χ1v) is 9.47. The van der Waals surface area contributed by atoms with Crippen molar-refractivity contribution in [3.63, 3.8) is 0 Å². The molecule has 0 saturated carbocycles. The summed E-state index contributed by atoms with van der Waals surface area (Å²) >= 11 is 0. The van der Waals surface area contributed by atoms with Crippen LogP contribution in [0.25, 0.3) is 10.9 Å². The van der Waals surface area contributed by atoms with Crippen LogP contribution in [0.2, 0.25) is 0 Å². The van der Waals surface area contributed by atoms with Gasteiger partial charge in [-0.2, -0.15) is 0 Å². The maximum absolute atomic E-state index is 12.3. The Labute approximate surface area is 173 Å². The number of aromatic nitrogens is 2. The molecule has 3 rings (SSSR count). The fourth-order valence-corrected chi connectivity index (χ4v) is 2.98. The van der Waals surface area contributed by atoms with Gasteiger partial charge in [-0.1, -0.05) is 30.3 Å². The van der Waals surface area contributed by atoms with Gasteiger partial charge in [0.25, 0.3) is 11.5 Å². The molecule has 1 amide bonds. The lowest BCUT2D eigenvalue weighted by atomic mass is 10.2. The zero-order chi connectivity index (χ0) is 21.5. The van der Waals surface area contributed by atoms with Gasteiger partial charge in [-0.15, -0.1) is 0 Å². The van der Waals surface area contributed by atoms with Crippen LogP contribution in [-0.4, -0.2) is 47.5 Å². The number of benzene rings is 2. The molecular weight excluding hydrogens is 386 g/mol. The second kappa shape index (κ2) is 9.69. The van der Waals surface area contributed by atoms with Crippen LogP contribution in [-0.2, 0) is 27.3 Å². The van der Waals surface area contributed by atoms with Gasteiger partial charge < -0.3 is 19.4 Å². The summed E-state index contributed by atoms with van der Waals surface area (Å²) in [6, 6.07) is 14.4. The Kier molecular flexibility index (Phi) is 6.79. The van der Waals surface area contributed by atoms with E-state index < -0.39 is 5.97 Å². The van der Waals surface area contributed by atoms with Gasteiger partial charge in [-0.05, 0) is 18.2 Å². The molecule has 156 valence electrons. The summed E-state index contributed by atoms with van der Waals surface area (Å²) in [5, 5.41) is 0.493. The number of aryl methyl sites for hydroxylation is 1. The average Bonchev–Trinajstić information content (AvgIpc) is 2.76. The van der Waals surface area contributed by atoms with Crippen LogP contribution >= 0.6 is 0 Å². The minimum absolute atomic E-state index is 0.00474. The Balaban J connectivity index is 1.49. The molecular formula is C22H23N3O5. The Bertz CT molecular complexity index is 1110. The zero-order valence-electron chi connectivity index (χ0n) is 16.9. The molecule has 0 atom stereocenters. The molecule has 1 heterocycles. The van der Waals surface area contributed by atoms with E-state index in [2.05, 4.69) is 9.97 Å². The fourth-order valence-electron chi connectivity index (χ4n) is 2.98. The highest BCUT2D eigenvalue weighted by molar-refractivity contribution is 5.80. The topological polar surface area (TPSA) is 102 Å². The number of ether oxygens (including phenoxy) is 2. The number of carbonyl (C=O) groups is 2. The molecule has 0 unspecified atom stereocenters. The quantitative estimate of drug-likeness (QED) is 0.572. The second-order valence-corrected chi connectivity index (χ2v) is 6.75. The molecule has 0 aliphatic carbocycles. The molecule has 0 aliphatic rings. The summed E-state index contributed by atoms with van der Waals surface area (Å²) in [5.74, 6) is 0.220. The van der Waals surface area contributed by atoms with Gasteiger partial charge in [0.15, 0.2) is 6.61 Å². The first-order chi connectivity index (χ1) is 14.5. The number of amides is 1. The first kappa shape index (κ1) is 21.0. The minimum atomic E-state index is -0.537. The van der Waals surface area contributed by atoms with Gasteiger partial charge in [0.1, 0.15) is 11.6 Å². The number of carbonyl (C=O) groups excluding carboxylic acids is 2. The maximum Gasteiger partial charge on any atom is 0.306 e. The SMILES string of the molecule is COc1ccccc1CN(C)C(=O)COC(=O)CCc1nc2ccccc2c(=O)[nH]1. The smallest absolute Gasteiger partial charge is 0.306 e. The molecule has 0 radical (unpaired) electrons. The van der Waals surface area contributed by atoms with Crippen molar-refractivity contribution < 1.29 is 19.1 Å². The Morgan fingerprint density at radius 2 is 1.83 bits per heavy atom. The molecule has 1 N–H and O–H groups in total. The summed E-state index contributed by atoms with van der Waals surface area (Å²) in [7, 11) is 3.20. The monoisotopic (exact) mass is 409 g/mol. The first-order valence-electron chi connectivity index (χ1n) is 9.47.